The monoisotopic (exact) mass is 304 g/mol. The first-order valence-electron chi connectivity index (χ1n) is 8.89. The van der Waals surface area contributed by atoms with Gasteiger partial charge in [-0.15, -0.1) is 6.58 Å². The number of fused-ring (bicyclic) bond motifs is 3. The molecular weight excluding hydrogens is 272 g/mol. The summed E-state index contributed by atoms with van der Waals surface area (Å²) in [6, 6.07) is 0. The molecule has 2 N–H and O–H groups in total. The molecule has 124 valence electrons. The maximum atomic E-state index is 10.4. The molecule has 2 heteroatoms. The van der Waals surface area contributed by atoms with Crippen molar-refractivity contribution >= 4 is 0 Å². The Morgan fingerprint density at radius 1 is 1.27 bits per heavy atom. The van der Waals surface area contributed by atoms with Crippen LogP contribution in [0.3, 0.4) is 0 Å². The van der Waals surface area contributed by atoms with Crippen LogP contribution in [0.2, 0.25) is 0 Å². The fourth-order valence-electron chi connectivity index (χ4n) is 5.63. The lowest BCUT2D eigenvalue weighted by Gasteiger charge is -2.59. The predicted molar refractivity (Wildman–Crippen MR) is 90.4 cm³/mol. The van der Waals surface area contributed by atoms with Crippen molar-refractivity contribution in [2.75, 3.05) is 6.61 Å². The van der Waals surface area contributed by atoms with E-state index in [1.807, 2.05) is 0 Å². The fourth-order valence-corrected chi connectivity index (χ4v) is 5.63. The lowest BCUT2D eigenvalue weighted by molar-refractivity contribution is -0.0539. The molecule has 22 heavy (non-hydrogen) atoms. The Kier molecular flexibility index (Phi) is 3.85. The van der Waals surface area contributed by atoms with Gasteiger partial charge in [-0.3, -0.25) is 0 Å². The van der Waals surface area contributed by atoms with Crippen LogP contribution in [0.1, 0.15) is 59.3 Å². The standard InChI is InChI=1S/C20H32O2/c1-5-18(2)8-9-20(4)14(11-18)6-7-16-17(20)10-15(22)12-19(16,3)13-21/h5,7,14-15,17,21-22H,1,6,8-13H2,2-4H3/t14-,15+,17-,18-,19-,20-/m0/s1. The molecule has 0 amide bonds. The van der Waals surface area contributed by atoms with Crippen LogP contribution >= 0.6 is 0 Å². The topological polar surface area (TPSA) is 40.5 Å². The third-order valence-electron chi connectivity index (χ3n) is 7.41. The number of aliphatic hydroxyl groups excluding tert-OH is 2. The van der Waals surface area contributed by atoms with E-state index in [4.69, 9.17) is 0 Å². The third kappa shape index (κ3) is 2.30. The summed E-state index contributed by atoms with van der Waals surface area (Å²) in [5, 5.41) is 20.4. The van der Waals surface area contributed by atoms with Gasteiger partial charge in [0.25, 0.3) is 0 Å². The average Bonchev–Trinajstić information content (AvgIpc) is 2.48. The minimum atomic E-state index is -0.275. The molecular formula is C20H32O2. The zero-order valence-corrected chi connectivity index (χ0v) is 14.4. The SMILES string of the molecule is C=C[C@@]1(C)CC[C@@]2(C)[C@@H](CC=C3[C@@H]2C[C@@H](O)C[C@@]3(C)CO)C1. The lowest BCUT2D eigenvalue weighted by atomic mass is 9.46. The Morgan fingerprint density at radius 2 is 2.00 bits per heavy atom. The number of hydrogen-bond acceptors (Lipinski definition) is 2. The van der Waals surface area contributed by atoms with E-state index in [1.165, 1.54) is 24.8 Å². The van der Waals surface area contributed by atoms with Gasteiger partial charge in [0.2, 0.25) is 0 Å². The van der Waals surface area contributed by atoms with E-state index < -0.39 is 0 Å². The molecule has 0 aromatic heterocycles. The van der Waals surface area contributed by atoms with E-state index in [2.05, 4.69) is 39.5 Å². The van der Waals surface area contributed by atoms with E-state index in [9.17, 15) is 10.2 Å². The van der Waals surface area contributed by atoms with Crippen LogP contribution in [-0.4, -0.2) is 22.9 Å². The smallest absolute Gasteiger partial charge is 0.0555 e. The molecule has 2 saturated carbocycles. The summed E-state index contributed by atoms with van der Waals surface area (Å²) >= 11 is 0. The summed E-state index contributed by atoms with van der Waals surface area (Å²) in [6.45, 7) is 11.1. The molecule has 0 saturated heterocycles. The Balaban J connectivity index is 1.97. The fraction of sp³-hybridized carbons (Fsp3) is 0.800. The molecule has 3 rings (SSSR count). The average molecular weight is 304 g/mol. The van der Waals surface area contributed by atoms with Crippen LogP contribution in [0.25, 0.3) is 0 Å². The molecule has 0 spiro atoms. The molecule has 0 aliphatic heterocycles. The van der Waals surface area contributed by atoms with Gasteiger partial charge in [-0.1, -0.05) is 38.5 Å². The number of rotatable bonds is 2. The highest BCUT2D eigenvalue weighted by molar-refractivity contribution is 5.28. The van der Waals surface area contributed by atoms with Crippen LogP contribution in [0, 0.1) is 28.1 Å². The maximum absolute atomic E-state index is 10.4. The van der Waals surface area contributed by atoms with Crippen LogP contribution in [0.5, 0.6) is 0 Å². The van der Waals surface area contributed by atoms with Gasteiger partial charge in [0.05, 0.1) is 12.7 Å². The van der Waals surface area contributed by atoms with E-state index in [-0.39, 0.29) is 29.0 Å². The summed E-state index contributed by atoms with van der Waals surface area (Å²) < 4.78 is 0. The number of hydrogen-bond donors (Lipinski definition) is 2. The van der Waals surface area contributed by atoms with Gasteiger partial charge in [0.15, 0.2) is 0 Å². The van der Waals surface area contributed by atoms with E-state index >= 15 is 0 Å². The van der Waals surface area contributed by atoms with E-state index in [0.29, 0.717) is 18.3 Å². The van der Waals surface area contributed by atoms with Crippen LogP contribution in [0.15, 0.2) is 24.3 Å². The first-order valence-corrected chi connectivity index (χ1v) is 8.89. The van der Waals surface area contributed by atoms with Gasteiger partial charge in [-0.2, -0.15) is 0 Å². The minimum absolute atomic E-state index is 0.150. The predicted octanol–water partition coefficient (Wildman–Crippen LogP) is 4.08. The number of aliphatic hydroxyl groups is 2. The van der Waals surface area contributed by atoms with Gasteiger partial charge in [-0.05, 0) is 61.2 Å². The summed E-state index contributed by atoms with van der Waals surface area (Å²) in [7, 11) is 0. The summed E-state index contributed by atoms with van der Waals surface area (Å²) in [5.41, 5.74) is 1.74. The minimum Gasteiger partial charge on any atom is -0.395 e. The van der Waals surface area contributed by atoms with Crippen LogP contribution in [0.4, 0.5) is 0 Å². The molecule has 0 unspecified atom stereocenters. The van der Waals surface area contributed by atoms with Crippen molar-refractivity contribution in [3.05, 3.63) is 24.3 Å². The highest BCUT2D eigenvalue weighted by atomic mass is 16.3. The Morgan fingerprint density at radius 3 is 2.64 bits per heavy atom. The van der Waals surface area contributed by atoms with E-state index in [1.54, 1.807) is 0 Å². The molecule has 0 bridgehead atoms. The van der Waals surface area contributed by atoms with Crippen molar-refractivity contribution in [1.29, 1.82) is 0 Å². The highest BCUT2D eigenvalue weighted by Gasteiger charge is 2.55. The normalized spacial score (nSPS) is 51.5. The first-order chi connectivity index (χ1) is 10.3. The van der Waals surface area contributed by atoms with Crippen molar-refractivity contribution in [1.82, 2.24) is 0 Å². The van der Waals surface area contributed by atoms with Crippen molar-refractivity contribution in [2.24, 2.45) is 28.1 Å². The van der Waals surface area contributed by atoms with Crippen molar-refractivity contribution in [3.8, 4) is 0 Å². The van der Waals surface area contributed by atoms with Gasteiger partial charge in [0.1, 0.15) is 0 Å². The van der Waals surface area contributed by atoms with Crippen LogP contribution in [-0.2, 0) is 0 Å². The zero-order valence-electron chi connectivity index (χ0n) is 14.4. The Bertz CT molecular complexity index is 496. The summed E-state index contributed by atoms with van der Waals surface area (Å²) in [4.78, 5) is 0. The quantitative estimate of drug-likeness (QED) is 0.755. The summed E-state index contributed by atoms with van der Waals surface area (Å²) in [5.74, 6) is 1.10. The number of allylic oxidation sites excluding steroid dienone is 2. The lowest BCUT2D eigenvalue weighted by Crippen LogP contribution is -2.52. The van der Waals surface area contributed by atoms with Crippen molar-refractivity contribution in [2.45, 2.75) is 65.4 Å². The zero-order chi connectivity index (χ0) is 16.2. The molecule has 0 heterocycles. The molecule has 2 fully saturated rings. The second-order valence-electron chi connectivity index (χ2n) is 9.03. The van der Waals surface area contributed by atoms with Gasteiger partial charge in [-0.25, -0.2) is 0 Å². The van der Waals surface area contributed by atoms with Crippen molar-refractivity contribution in [3.63, 3.8) is 0 Å². The van der Waals surface area contributed by atoms with Crippen LogP contribution < -0.4 is 0 Å². The molecule has 3 aliphatic rings. The van der Waals surface area contributed by atoms with Gasteiger partial charge >= 0.3 is 0 Å². The molecule has 2 nitrogen and oxygen atoms in total. The molecule has 0 aromatic rings. The first kappa shape index (κ1) is 16.3. The maximum Gasteiger partial charge on any atom is 0.0555 e. The third-order valence-corrected chi connectivity index (χ3v) is 7.41. The molecule has 6 atom stereocenters. The van der Waals surface area contributed by atoms with E-state index in [0.717, 1.165) is 12.8 Å². The highest BCUT2D eigenvalue weighted by Crippen LogP contribution is 2.63. The molecule has 3 aliphatic carbocycles. The Labute approximate surface area is 135 Å². The largest absolute Gasteiger partial charge is 0.395 e. The molecule has 0 radical (unpaired) electrons. The Hall–Kier alpha value is -0.600. The van der Waals surface area contributed by atoms with Gasteiger partial charge < -0.3 is 10.2 Å². The molecule has 0 aromatic carbocycles. The van der Waals surface area contributed by atoms with Crippen molar-refractivity contribution < 1.29 is 10.2 Å². The van der Waals surface area contributed by atoms with Gasteiger partial charge in [0, 0.05) is 5.41 Å². The second kappa shape index (κ2) is 5.21. The second-order valence-corrected chi connectivity index (χ2v) is 9.03. The summed E-state index contributed by atoms with van der Waals surface area (Å²) in [6.07, 6.45) is 10.6.